The predicted molar refractivity (Wildman–Crippen MR) is 272 cm³/mol. The Kier molecular flexibility index (Phi) is 9.20. The Hall–Kier alpha value is -8.46. The molecule has 0 radical (unpaired) electrons. The summed E-state index contributed by atoms with van der Waals surface area (Å²) in [5.74, 6) is 0. The first-order valence-electron chi connectivity index (χ1n) is 22.0. The van der Waals surface area contributed by atoms with Crippen LogP contribution < -0.4 is 4.90 Å². The average molecular weight is 815 g/mol. The summed E-state index contributed by atoms with van der Waals surface area (Å²) < 4.78 is 2.42. The van der Waals surface area contributed by atoms with E-state index < -0.39 is 0 Å². The van der Waals surface area contributed by atoms with Gasteiger partial charge in [-0.25, -0.2) is 0 Å². The van der Waals surface area contributed by atoms with E-state index in [1.54, 1.807) is 0 Å². The summed E-state index contributed by atoms with van der Waals surface area (Å²) in [6, 6.07) is 92.7. The minimum Gasteiger partial charge on any atom is -0.310 e. The number of hydrogen-bond donors (Lipinski definition) is 0. The molecule has 0 saturated carbocycles. The van der Waals surface area contributed by atoms with E-state index in [0.717, 1.165) is 28.3 Å². The average Bonchev–Trinajstić information content (AvgIpc) is 3.71. The molecule has 300 valence electrons. The van der Waals surface area contributed by atoms with E-state index in [1.165, 1.54) is 82.3 Å². The van der Waals surface area contributed by atoms with E-state index in [1.807, 2.05) is 0 Å². The van der Waals surface area contributed by atoms with Gasteiger partial charge in [0.25, 0.3) is 0 Å². The monoisotopic (exact) mass is 814 g/mol. The molecular weight excluding hydrogens is 773 g/mol. The van der Waals surface area contributed by atoms with Crippen LogP contribution in [-0.4, -0.2) is 4.57 Å². The Morgan fingerprint density at radius 2 is 0.750 bits per heavy atom. The zero-order valence-corrected chi connectivity index (χ0v) is 35.1. The van der Waals surface area contributed by atoms with Gasteiger partial charge in [-0.1, -0.05) is 182 Å². The first-order chi connectivity index (χ1) is 31.7. The molecule has 0 atom stereocenters. The van der Waals surface area contributed by atoms with Crippen LogP contribution in [0.5, 0.6) is 0 Å². The van der Waals surface area contributed by atoms with Gasteiger partial charge in [-0.15, -0.1) is 0 Å². The predicted octanol–water partition coefficient (Wildman–Crippen LogP) is 17.2. The van der Waals surface area contributed by atoms with Crippen molar-refractivity contribution in [2.45, 2.75) is 0 Å². The largest absolute Gasteiger partial charge is 0.310 e. The molecule has 2 nitrogen and oxygen atoms in total. The molecule has 0 amide bonds. The molecule has 2 heteroatoms. The maximum absolute atomic E-state index is 2.42. The summed E-state index contributed by atoms with van der Waals surface area (Å²) in [6.07, 6.45) is 0. The summed E-state index contributed by atoms with van der Waals surface area (Å²) in [7, 11) is 0. The summed E-state index contributed by atoms with van der Waals surface area (Å²) in [6.45, 7) is 0. The van der Waals surface area contributed by atoms with Crippen LogP contribution in [0.3, 0.4) is 0 Å². The van der Waals surface area contributed by atoms with Crippen LogP contribution in [0, 0.1) is 0 Å². The van der Waals surface area contributed by atoms with Crippen molar-refractivity contribution < 1.29 is 0 Å². The second-order valence-corrected chi connectivity index (χ2v) is 16.6. The zero-order chi connectivity index (χ0) is 42.4. The van der Waals surface area contributed by atoms with Gasteiger partial charge in [0.05, 0.1) is 11.0 Å². The molecule has 0 spiro atoms. The molecule has 1 heterocycles. The number of benzene rings is 11. The van der Waals surface area contributed by atoms with Gasteiger partial charge in [0, 0.05) is 33.5 Å². The number of fused-ring (bicyclic) bond motifs is 5. The lowest BCUT2D eigenvalue weighted by atomic mass is 9.97. The standard InChI is InChI=1S/C62H42N2/c1-3-13-43(14-4-1)52-33-38-59-61(42-52)64(54-20-5-2-6-21-54)60-24-12-23-58(62(59)60)53-19-11-22-57(41-53)63(55-34-29-46(30-35-55)50-27-25-44-15-7-9-17-48(44)39-50)56-36-31-47(32-37-56)51-28-26-45-16-8-10-18-49(45)40-51/h1-42H. The van der Waals surface area contributed by atoms with Crippen LogP contribution in [0.2, 0.25) is 0 Å². The normalized spacial score (nSPS) is 11.4. The molecule has 12 rings (SSSR count). The lowest BCUT2D eigenvalue weighted by Crippen LogP contribution is -2.10. The second-order valence-electron chi connectivity index (χ2n) is 16.6. The van der Waals surface area contributed by atoms with Gasteiger partial charge in [0.15, 0.2) is 0 Å². The number of para-hydroxylation sites is 1. The first-order valence-corrected chi connectivity index (χ1v) is 22.0. The Labute approximate surface area is 373 Å². The highest BCUT2D eigenvalue weighted by Crippen LogP contribution is 2.43. The second kappa shape index (κ2) is 15.8. The van der Waals surface area contributed by atoms with E-state index in [2.05, 4.69) is 264 Å². The molecule has 0 bridgehead atoms. The van der Waals surface area contributed by atoms with Gasteiger partial charge in [-0.3, -0.25) is 0 Å². The highest BCUT2D eigenvalue weighted by Gasteiger charge is 2.19. The van der Waals surface area contributed by atoms with E-state index >= 15 is 0 Å². The van der Waals surface area contributed by atoms with Crippen LogP contribution in [0.25, 0.3) is 93.5 Å². The Balaban J connectivity index is 0.995. The molecule has 0 aliphatic heterocycles. The minimum absolute atomic E-state index is 1.09. The van der Waals surface area contributed by atoms with Gasteiger partial charge in [0.1, 0.15) is 0 Å². The molecule has 64 heavy (non-hydrogen) atoms. The SMILES string of the molecule is c1ccc(-c2ccc3c4c(-c5cccc(N(c6ccc(-c7ccc8ccccc8c7)cc6)c6ccc(-c7ccc8ccccc8c7)cc6)c5)cccc4n(-c4ccccc4)c3c2)cc1. The molecule has 0 fully saturated rings. The van der Waals surface area contributed by atoms with Crippen LogP contribution >= 0.6 is 0 Å². The van der Waals surface area contributed by atoms with Gasteiger partial charge in [-0.2, -0.15) is 0 Å². The van der Waals surface area contributed by atoms with E-state index in [4.69, 9.17) is 0 Å². The summed E-state index contributed by atoms with van der Waals surface area (Å²) in [5, 5.41) is 7.45. The molecule has 0 unspecified atom stereocenters. The lowest BCUT2D eigenvalue weighted by Gasteiger charge is -2.26. The Bertz CT molecular complexity index is 3520. The van der Waals surface area contributed by atoms with Crippen molar-refractivity contribution in [1.82, 2.24) is 4.57 Å². The summed E-state index contributed by atoms with van der Waals surface area (Å²) in [4.78, 5) is 2.39. The minimum atomic E-state index is 1.09. The van der Waals surface area contributed by atoms with E-state index in [0.29, 0.717) is 0 Å². The molecule has 0 saturated heterocycles. The molecule has 1 aromatic heterocycles. The molecule has 0 aliphatic rings. The number of rotatable bonds is 8. The van der Waals surface area contributed by atoms with Crippen molar-refractivity contribution >= 4 is 60.4 Å². The van der Waals surface area contributed by atoms with E-state index in [9.17, 15) is 0 Å². The van der Waals surface area contributed by atoms with Crippen molar-refractivity contribution in [3.05, 3.63) is 255 Å². The highest BCUT2D eigenvalue weighted by atomic mass is 15.1. The van der Waals surface area contributed by atoms with E-state index in [-0.39, 0.29) is 0 Å². The summed E-state index contributed by atoms with van der Waals surface area (Å²) >= 11 is 0. The third kappa shape index (κ3) is 6.70. The number of nitrogens with zero attached hydrogens (tertiary/aromatic N) is 2. The van der Waals surface area contributed by atoms with Gasteiger partial charge in [0.2, 0.25) is 0 Å². The van der Waals surface area contributed by atoms with Crippen LogP contribution in [-0.2, 0) is 0 Å². The third-order valence-corrected chi connectivity index (χ3v) is 12.7. The van der Waals surface area contributed by atoms with Crippen molar-refractivity contribution in [2.24, 2.45) is 0 Å². The number of aromatic nitrogens is 1. The topological polar surface area (TPSA) is 8.17 Å². The molecule has 11 aromatic carbocycles. The van der Waals surface area contributed by atoms with Crippen LogP contribution in [0.4, 0.5) is 17.1 Å². The maximum atomic E-state index is 2.42. The van der Waals surface area contributed by atoms with Crippen molar-refractivity contribution in [3.63, 3.8) is 0 Å². The van der Waals surface area contributed by atoms with Crippen LogP contribution in [0.1, 0.15) is 0 Å². The molecule has 12 aromatic rings. The maximum Gasteiger partial charge on any atom is 0.0547 e. The smallest absolute Gasteiger partial charge is 0.0547 e. The van der Waals surface area contributed by atoms with Crippen molar-refractivity contribution in [1.29, 1.82) is 0 Å². The Morgan fingerprint density at radius 1 is 0.266 bits per heavy atom. The quantitative estimate of drug-likeness (QED) is 0.148. The van der Waals surface area contributed by atoms with Gasteiger partial charge in [-0.05, 0) is 139 Å². The fourth-order valence-electron chi connectivity index (χ4n) is 9.58. The number of hydrogen-bond acceptors (Lipinski definition) is 1. The molecule has 0 aliphatic carbocycles. The summed E-state index contributed by atoms with van der Waals surface area (Å²) in [5.41, 5.74) is 16.3. The first kappa shape index (κ1) is 37.3. The fourth-order valence-corrected chi connectivity index (χ4v) is 9.58. The Morgan fingerprint density at radius 3 is 1.38 bits per heavy atom. The molecular formula is C62H42N2. The number of anilines is 3. The molecule has 0 N–H and O–H groups in total. The lowest BCUT2D eigenvalue weighted by molar-refractivity contribution is 1.18. The fraction of sp³-hybridized carbons (Fsp3) is 0. The third-order valence-electron chi connectivity index (χ3n) is 12.7. The van der Waals surface area contributed by atoms with Gasteiger partial charge >= 0.3 is 0 Å². The van der Waals surface area contributed by atoms with Gasteiger partial charge < -0.3 is 9.47 Å². The van der Waals surface area contributed by atoms with Crippen molar-refractivity contribution in [3.8, 4) is 50.2 Å². The van der Waals surface area contributed by atoms with Crippen molar-refractivity contribution in [2.75, 3.05) is 4.90 Å². The zero-order valence-electron chi connectivity index (χ0n) is 35.1. The van der Waals surface area contributed by atoms with Crippen LogP contribution in [0.15, 0.2) is 255 Å². The highest BCUT2D eigenvalue weighted by molar-refractivity contribution is 6.16.